The van der Waals surface area contributed by atoms with Gasteiger partial charge >= 0.3 is 0 Å². The summed E-state index contributed by atoms with van der Waals surface area (Å²) >= 11 is 0. The number of aliphatic hydroxyl groups excluding tert-OH is 1. The van der Waals surface area contributed by atoms with Crippen LogP contribution >= 0.6 is 0 Å². The smallest absolute Gasteiger partial charge is 0.247 e. The standard InChI is InChI=1S/C6H9NO2/c1-4-2-5(3-8)7-6(4)9/h2,5,8H,3H2,1H3,(H,7,9). The van der Waals surface area contributed by atoms with Gasteiger partial charge in [0, 0.05) is 5.57 Å². The molecule has 0 aromatic rings. The van der Waals surface area contributed by atoms with Crippen molar-refractivity contribution < 1.29 is 9.90 Å². The maximum atomic E-state index is 10.7. The molecular weight excluding hydrogens is 118 g/mol. The molecule has 50 valence electrons. The van der Waals surface area contributed by atoms with Gasteiger partial charge in [0.1, 0.15) is 0 Å². The zero-order valence-corrected chi connectivity index (χ0v) is 5.22. The van der Waals surface area contributed by atoms with E-state index in [4.69, 9.17) is 5.11 Å². The van der Waals surface area contributed by atoms with Gasteiger partial charge in [-0.3, -0.25) is 4.79 Å². The maximum absolute atomic E-state index is 10.7. The van der Waals surface area contributed by atoms with Crippen molar-refractivity contribution in [1.82, 2.24) is 5.32 Å². The van der Waals surface area contributed by atoms with Crippen LogP contribution < -0.4 is 5.32 Å². The van der Waals surface area contributed by atoms with E-state index in [-0.39, 0.29) is 18.6 Å². The maximum Gasteiger partial charge on any atom is 0.247 e. The average Bonchev–Trinajstić information content (AvgIpc) is 2.13. The Morgan fingerprint density at radius 2 is 2.56 bits per heavy atom. The summed E-state index contributed by atoms with van der Waals surface area (Å²) in [7, 11) is 0. The zero-order valence-electron chi connectivity index (χ0n) is 5.22. The van der Waals surface area contributed by atoms with Crippen molar-refractivity contribution in [3.8, 4) is 0 Å². The summed E-state index contributed by atoms with van der Waals surface area (Å²) in [5.74, 6) is -0.0750. The average molecular weight is 127 g/mol. The molecule has 1 aliphatic heterocycles. The molecule has 1 heterocycles. The first-order valence-corrected chi connectivity index (χ1v) is 2.84. The largest absolute Gasteiger partial charge is 0.394 e. The van der Waals surface area contributed by atoms with E-state index in [0.717, 1.165) is 0 Å². The molecule has 0 aliphatic carbocycles. The molecule has 3 heteroatoms. The Labute approximate surface area is 53.4 Å². The molecule has 1 unspecified atom stereocenters. The molecule has 1 rings (SSSR count). The second-order valence-corrected chi connectivity index (χ2v) is 2.11. The van der Waals surface area contributed by atoms with Crippen molar-refractivity contribution in [3.05, 3.63) is 11.6 Å². The molecule has 0 fully saturated rings. The molecule has 1 amide bonds. The fraction of sp³-hybridized carbons (Fsp3) is 0.500. The van der Waals surface area contributed by atoms with Crippen LogP contribution in [-0.4, -0.2) is 23.7 Å². The molecule has 1 atom stereocenters. The quantitative estimate of drug-likeness (QED) is 0.495. The Hall–Kier alpha value is -0.830. The third kappa shape index (κ3) is 1.10. The monoisotopic (exact) mass is 127 g/mol. The van der Waals surface area contributed by atoms with Gasteiger partial charge in [0.05, 0.1) is 12.6 Å². The summed E-state index contributed by atoms with van der Waals surface area (Å²) in [6.07, 6.45) is 1.72. The highest BCUT2D eigenvalue weighted by atomic mass is 16.3. The van der Waals surface area contributed by atoms with Crippen LogP contribution in [0.5, 0.6) is 0 Å². The van der Waals surface area contributed by atoms with Gasteiger partial charge in [-0.05, 0) is 6.92 Å². The van der Waals surface area contributed by atoms with Gasteiger partial charge in [-0.2, -0.15) is 0 Å². The van der Waals surface area contributed by atoms with Crippen molar-refractivity contribution >= 4 is 5.91 Å². The normalized spacial score (nSPS) is 25.8. The number of carbonyl (C=O) groups is 1. The second-order valence-electron chi connectivity index (χ2n) is 2.11. The topological polar surface area (TPSA) is 49.3 Å². The van der Waals surface area contributed by atoms with Crippen molar-refractivity contribution in [2.75, 3.05) is 6.61 Å². The first-order chi connectivity index (χ1) is 4.24. The third-order valence-corrected chi connectivity index (χ3v) is 1.32. The second kappa shape index (κ2) is 2.19. The number of amides is 1. The first-order valence-electron chi connectivity index (χ1n) is 2.84. The summed E-state index contributed by atoms with van der Waals surface area (Å²) in [6.45, 7) is 1.72. The molecule has 2 N–H and O–H groups in total. The molecule has 0 saturated carbocycles. The molecule has 3 nitrogen and oxygen atoms in total. The number of rotatable bonds is 1. The summed E-state index contributed by atoms with van der Waals surface area (Å²) in [5, 5.41) is 11.1. The third-order valence-electron chi connectivity index (χ3n) is 1.32. The lowest BCUT2D eigenvalue weighted by atomic mass is 10.3. The van der Waals surface area contributed by atoms with E-state index in [9.17, 15) is 4.79 Å². The van der Waals surface area contributed by atoms with Gasteiger partial charge in [0.2, 0.25) is 5.91 Å². The Morgan fingerprint density at radius 1 is 1.89 bits per heavy atom. The van der Waals surface area contributed by atoms with E-state index in [1.807, 2.05) is 0 Å². The summed E-state index contributed by atoms with van der Waals surface area (Å²) in [4.78, 5) is 10.7. The van der Waals surface area contributed by atoms with Crippen LogP contribution in [0.3, 0.4) is 0 Å². The van der Waals surface area contributed by atoms with Crippen LogP contribution in [0, 0.1) is 0 Å². The van der Waals surface area contributed by atoms with Crippen molar-refractivity contribution in [1.29, 1.82) is 0 Å². The highest BCUT2D eigenvalue weighted by Crippen LogP contribution is 2.03. The molecule has 0 aromatic carbocycles. The summed E-state index contributed by atoms with van der Waals surface area (Å²) < 4.78 is 0. The van der Waals surface area contributed by atoms with Gasteiger partial charge in [-0.15, -0.1) is 0 Å². The van der Waals surface area contributed by atoms with E-state index in [1.54, 1.807) is 13.0 Å². The Balaban J connectivity index is 2.62. The number of carbonyl (C=O) groups excluding carboxylic acids is 1. The minimum atomic E-state index is -0.155. The van der Waals surface area contributed by atoms with Crippen LogP contribution in [0.15, 0.2) is 11.6 Å². The van der Waals surface area contributed by atoms with E-state index < -0.39 is 0 Å². The van der Waals surface area contributed by atoms with Crippen LogP contribution in [0.25, 0.3) is 0 Å². The molecular formula is C6H9NO2. The molecule has 1 aliphatic rings. The summed E-state index contributed by atoms with van der Waals surface area (Å²) in [5.41, 5.74) is 0.689. The predicted molar refractivity (Wildman–Crippen MR) is 32.8 cm³/mol. The summed E-state index contributed by atoms with van der Waals surface area (Å²) in [6, 6.07) is -0.155. The van der Waals surface area contributed by atoms with Gasteiger partial charge in [-0.1, -0.05) is 6.08 Å². The van der Waals surface area contributed by atoms with Crippen molar-refractivity contribution in [3.63, 3.8) is 0 Å². The lowest BCUT2D eigenvalue weighted by Crippen LogP contribution is -2.29. The highest BCUT2D eigenvalue weighted by Gasteiger charge is 2.17. The lowest BCUT2D eigenvalue weighted by Gasteiger charge is -2.01. The van der Waals surface area contributed by atoms with Crippen LogP contribution in [-0.2, 0) is 4.79 Å². The number of nitrogens with one attached hydrogen (secondary N) is 1. The zero-order chi connectivity index (χ0) is 6.85. The molecule has 9 heavy (non-hydrogen) atoms. The SMILES string of the molecule is CC1=CC(CO)NC1=O. The van der Waals surface area contributed by atoms with Crippen LogP contribution in [0.2, 0.25) is 0 Å². The van der Waals surface area contributed by atoms with Crippen LogP contribution in [0.1, 0.15) is 6.92 Å². The molecule has 0 saturated heterocycles. The minimum absolute atomic E-state index is 0.0108. The number of aliphatic hydroxyl groups is 1. The van der Waals surface area contributed by atoms with E-state index in [2.05, 4.69) is 5.32 Å². The van der Waals surface area contributed by atoms with Gasteiger partial charge in [0.25, 0.3) is 0 Å². The first kappa shape index (κ1) is 6.29. The Morgan fingerprint density at radius 3 is 2.78 bits per heavy atom. The van der Waals surface area contributed by atoms with Gasteiger partial charge in [0.15, 0.2) is 0 Å². The predicted octanol–water partition coefficient (Wildman–Crippen LogP) is -0.577. The number of hydrogen-bond acceptors (Lipinski definition) is 2. The Kier molecular flexibility index (Phi) is 1.53. The molecule has 0 radical (unpaired) electrons. The van der Waals surface area contributed by atoms with Gasteiger partial charge < -0.3 is 10.4 Å². The van der Waals surface area contributed by atoms with E-state index in [1.165, 1.54) is 0 Å². The Bertz CT molecular complexity index is 162. The fourth-order valence-corrected chi connectivity index (χ4v) is 0.800. The van der Waals surface area contributed by atoms with E-state index >= 15 is 0 Å². The van der Waals surface area contributed by atoms with Crippen molar-refractivity contribution in [2.24, 2.45) is 0 Å². The lowest BCUT2D eigenvalue weighted by molar-refractivity contribution is -0.117. The van der Waals surface area contributed by atoms with Crippen molar-refractivity contribution in [2.45, 2.75) is 13.0 Å². The van der Waals surface area contributed by atoms with Crippen LogP contribution in [0.4, 0.5) is 0 Å². The fourth-order valence-electron chi connectivity index (χ4n) is 0.800. The minimum Gasteiger partial charge on any atom is -0.394 e. The molecule has 0 spiro atoms. The van der Waals surface area contributed by atoms with Gasteiger partial charge in [-0.25, -0.2) is 0 Å². The highest BCUT2D eigenvalue weighted by molar-refractivity contribution is 5.95. The van der Waals surface area contributed by atoms with E-state index in [0.29, 0.717) is 5.57 Å². The number of hydrogen-bond donors (Lipinski definition) is 2. The molecule has 0 aromatic heterocycles. The molecule has 0 bridgehead atoms.